The number of nitro groups is 2. The Morgan fingerprint density at radius 2 is 1.75 bits per heavy atom. The van der Waals surface area contributed by atoms with Gasteiger partial charge in [0.25, 0.3) is 11.6 Å². The molecule has 0 saturated carbocycles. The first kappa shape index (κ1) is 19.0. The largest absolute Gasteiger partial charge is 0.450 e. The van der Waals surface area contributed by atoms with Crippen LogP contribution in [-0.4, -0.2) is 15.8 Å². The highest BCUT2D eigenvalue weighted by atomic mass is 32.1. The second kappa shape index (κ2) is 7.84. The molecule has 1 heterocycles. The number of anilines is 1. The molecule has 10 heteroatoms. The molecule has 0 saturated heterocycles. The highest BCUT2D eigenvalue weighted by Gasteiger charge is 2.21. The van der Waals surface area contributed by atoms with Gasteiger partial charge in [0.1, 0.15) is 5.75 Å². The number of hydrogen-bond acceptors (Lipinski definition) is 7. The molecule has 0 atom stereocenters. The van der Waals surface area contributed by atoms with Gasteiger partial charge >= 0.3 is 5.69 Å². The summed E-state index contributed by atoms with van der Waals surface area (Å²) in [4.78, 5) is 33.3. The summed E-state index contributed by atoms with van der Waals surface area (Å²) in [5.74, 6) is -0.0731. The van der Waals surface area contributed by atoms with Crippen molar-refractivity contribution in [1.82, 2.24) is 0 Å². The number of benzene rings is 2. The van der Waals surface area contributed by atoms with E-state index in [4.69, 9.17) is 4.74 Å². The Morgan fingerprint density at radius 3 is 2.32 bits per heavy atom. The lowest BCUT2D eigenvalue weighted by molar-refractivity contribution is -0.394. The maximum Gasteiger partial charge on any atom is 0.318 e. The van der Waals surface area contributed by atoms with Crippen LogP contribution >= 0.6 is 11.3 Å². The number of carbonyl (C=O) groups excluding carboxylic acids is 1. The number of carbonyl (C=O) groups is 1. The van der Waals surface area contributed by atoms with E-state index in [2.05, 4.69) is 5.32 Å². The lowest BCUT2D eigenvalue weighted by atomic mass is 10.2. The van der Waals surface area contributed by atoms with Gasteiger partial charge in [-0.1, -0.05) is 0 Å². The molecule has 0 fully saturated rings. The van der Waals surface area contributed by atoms with E-state index in [0.29, 0.717) is 10.6 Å². The van der Waals surface area contributed by atoms with Gasteiger partial charge in [-0.2, -0.15) is 0 Å². The Balaban J connectivity index is 1.76. The molecule has 1 N–H and O–H groups in total. The van der Waals surface area contributed by atoms with Crippen LogP contribution in [0.2, 0.25) is 0 Å². The third-order valence-electron chi connectivity index (χ3n) is 3.76. The molecule has 0 radical (unpaired) electrons. The predicted octanol–water partition coefficient (Wildman–Crippen LogP) is 4.92. The fourth-order valence-corrected chi connectivity index (χ4v) is 3.20. The summed E-state index contributed by atoms with van der Waals surface area (Å²) in [6.07, 6.45) is 0. The maximum absolute atomic E-state index is 12.2. The average molecular weight is 399 g/mol. The Kier molecular flexibility index (Phi) is 5.32. The average Bonchev–Trinajstić information content (AvgIpc) is 3.09. The van der Waals surface area contributed by atoms with Gasteiger partial charge in [0, 0.05) is 11.8 Å². The fraction of sp³-hybridized carbons (Fsp3) is 0.0556. The van der Waals surface area contributed by atoms with E-state index in [1.54, 1.807) is 12.1 Å². The highest BCUT2D eigenvalue weighted by Crippen LogP contribution is 2.34. The Hall–Kier alpha value is -3.79. The van der Waals surface area contributed by atoms with Gasteiger partial charge in [0.2, 0.25) is 5.75 Å². The van der Waals surface area contributed by atoms with E-state index in [9.17, 15) is 25.0 Å². The fourth-order valence-electron chi connectivity index (χ4n) is 2.37. The molecule has 0 unspecified atom stereocenters. The molecule has 28 heavy (non-hydrogen) atoms. The van der Waals surface area contributed by atoms with Gasteiger partial charge < -0.3 is 10.1 Å². The molecule has 0 aliphatic carbocycles. The van der Waals surface area contributed by atoms with E-state index in [-0.39, 0.29) is 17.4 Å². The third kappa shape index (κ3) is 4.13. The molecule has 3 aromatic rings. The number of rotatable bonds is 6. The topological polar surface area (TPSA) is 125 Å². The first-order chi connectivity index (χ1) is 13.3. The van der Waals surface area contributed by atoms with Crippen molar-refractivity contribution in [3.05, 3.63) is 84.6 Å². The molecular weight excluding hydrogens is 386 g/mol. The number of thiophene rings is 1. The van der Waals surface area contributed by atoms with E-state index in [1.165, 1.54) is 29.5 Å². The van der Waals surface area contributed by atoms with Gasteiger partial charge in [-0.05, 0) is 54.3 Å². The van der Waals surface area contributed by atoms with Gasteiger partial charge in [0.15, 0.2) is 0 Å². The number of nitrogens with zero attached hydrogens (tertiary/aromatic N) is 2. The number of nitro benzene ring substituents is 2. The SMILES string of the molecule is Cc1ccsc1C(=O)Nc1ccc(Oc2ccc([N+](=O)[O-])cc2[N+](=O)[O-])cc1. The Labute approximate surface area is 162 Å². The molecule has 0 aliphatic rings. The number of hydrogen-bond donors (Lipinski definition) is 1. The van der Waals surface area contributed by atoms with Crippen LogP contribution in [0.1, 0.15) is 15.2 Å². The zero-order chi connectivity index (χ0) is 20.3. The van der Waals surface area contributed by atoms with E-state index in [1.807, 2.05) is 18.4 Å². The van der Waals surface area contributed by atoms with Crippen molar-refractivity contribution in [2.45, 2.75) is 6.92 Å². The van der Waals surface area contributed by atoms with Crippen molar-refractivity contribution in [1.29, 1.82) is 0 Å². The lowest BCUT2D eigenvalue weighted by Gasteiger charge is -2.08. The van der Waals surface area contributed by atoms with E-state index < -0.39 is 21.2 Å². The lowest BCUT2D eigenvalue weighted by Crippen LogP contribution is -2.11. The van der Waals surface area contributed by atoms with Crippen molar-refractivity contribution in [3.63, 3.8) is 0 Å². The van der Waals surface area contributed by atoms with Crippen molar-refractivity contribution < 1.29 is 19.4 Å². The summed E-state index contributed by atoms with van der Waals surface area (Å²) in [6.45, 7) is 1.85. The van der Waals surface area contributed by atoms with Crippen LogP contribution < -0.4 is 10.1 Å². The molecule has 0 spiro atoms. The molecule has 142 valence electrons. The standard InChI is InChI=1S/C18H13N3O6S/c1-11-8-9-28-17(11)18(22)19-12-2-5-14(6-3-12)27-16-7-4-13(20(23)24)10-15(16)21(25)26/h2-10H,1H3,(H,19,22). The van der Waals surface area contributed by atoms with E-state index in [0.717, 1.165) is 17.7 Å². The van der Waals surface area contributed by atoms with Crippen LogP contribution in [0.15, 0.2) is 53.9 Å². The molecule has 0 bridgehead atoms. The maximum atomic E-state index is 12.2. The zero-order valence-corrected chi connectivity index (χ0v) is 15.3. The quantitative estimate of drug-likeness (QED) is 0.463. The minimum absolute atomic E-state index is 0.124. The van der Waals surface area contributed by atoms with E-state index >= 15 is 0 Å². The summed E-state index contributed by atoms with van der Waals surface area (Å²) in [5, 5.41) is 26.5. The van der Waals surface area contributed by atoms with Crippen LogP contribution in [0.5, 0.6) is 11.5 Å². The molecule has 3 rings (SSSR count). The number of non-ortho nitro benzene ring substituents is 1. The summed E-state index contributed by atoms with van der Waals surface area (Å²) < 4.78 is 5.48. The third-order valence-corrected chi connectivity index (χ3v) is 4.77. The number of nitrogens with one attached hydrogen (secondary N) is 1. The highest BCUT2D eigenvalue weighted by molar-refractivity contribution is 7.12. The summed E-state index contributed by atoms with van der Waals surface area (Å²) in [7, 11) is 0. The minimum atomic E-state index is -0.750. The van der Waals surface area contributed by atoms with Gasteiger partial charge in [0.05, 0.1) is 20.8 Å². The molecule has 9 nitrogen and oxygen atoms in total. The van der Waals surface area contributed by atoms with Crippen LogP contribution in [-0.2, 0) is 0 Å². The minimum Gasteiger partial charge on any atom is -0.450 e. The molecule has 0 aliphatic heterocycles. The van der Waals surface area contributed by atoms with Crippen molar-refractivity contribution in [2.24, 2.45) is 0 Å². The Bertz CT molecular complexity index is 1060. The summed E-state index contributed by atoms with van der Waals surface area (Å²) >= 11 is 1.34. The summed E-state index contributed by atoms with van der Waals surface area (Å²) in [5.41, 5.74) is 0.497. The van der Waals surface area contributed by atoms with Crippen molar-refractivity contribution in [3.8, 4) is 11.5 Å². The van der Waals surface area contributed by atoms with Gasteiger partial charge in [-0.15, -0.1) is 11.3 Å². The first-order valence-electron chi connectivity index (χ1n) is 7.91. The molecule has 2 aromatic carbocycles. The number of amides is 1. The van der Waals surface area contributed by atoms with Crippen molar-refractivity contribution >= 4 is 34.3 Å². The second-order valence-electron chi connectivity index (χ2n) is 5.68. The number of ether oxygens (including phenoxy) is 1. The zero-order valence-electron chi connectivity index (χ0n) is 14.4. The molecule has 1 amide bonds. The first-order valence-corrected chi connectivity index (χ1v) is 8.79. The summed E-state index contributed by atoms with van der Waals surface area (Å²) in [6, 6.07) is 11.2. The smallest absolute Gasteiger partial charge is 0.318 e. The van der Waals surface area contributed by atoms with Crippen LogP contribution in [0.3, 0.4) is 0 Å². The van der Waals surface area contributed by atoms with Crippen LogP contribution in [0.4, 0.5) is 17.1 Å². The predicted molar refractivity (Wildman–Crippen MR) is 103 cm³/mol. The second-order valence-corrected chi connectivity index (χ2v) is 6.60. The van der Waals surface area contributed by atoms with Crippen LogP contribution in [0, 0.1) is 27.2 Å². The van der Waals surface area contributed by atoms with Gasteiger partial charge in [-0.3, -0.25) is 25.0 Å². The molecular formula is C18H13N3O6S. The van der Waals surface area contributed by atoms with Crippen molar-refractivity contribution in [2.75, 3.05) is 5.32 Å². The van der Waals surface area contributed by atoms with Gasteiger partial charge in [-0.25, -0.2) is 0 Å². The molecule has 1 aromatic heterocycles. The van der Waals surface area contributed by atoms with Crippen LogP contribution in [0.25, 0.3) is 0 Å². The monoisotopic (exact) mass is 399 g/mol. The Morgan fingerprint density at radius 1 is 1.04 bits per heavy atom. The number of aryl methyl sites for hydroxylation is 1. The normalized spacial score (nSPS) is 10.3.